The van der Waals surface area contributed by atoms with E-state index in [2.05, 4.69) is 5.32 Å². The average molecular weight is 266 g/mol. The number of likely N-dealkylation sites (N-methyl/N-ethyl adjacent to an activating group) is 1. The highest BCUT2D eigenvalue weighted by Gasteiger charge is 2.25. The lowest BCUT2D eigenvalue weighted by Gasteiger charge is -2.22. The molecule has 1 saturated carbocycles. The molecular weight excluding hydrogens is 248 g/mol. The van der Waals surface area contributed by atoms with Crippen molar-refractivity contribution in [3.63, 3.8) is 0 Å². The number of nitrogens with one attached hydrogen (secondary N) is 1. The number of carbonyl (C=O) groups is 2. The van der Waals surface area contributed by atoms with E-state index in [0.29, 0.717) is 11.8 Å². The van der Waals surface area contributed by atoms with Gasteiger partial charge < -0.3 is 14.8 Å². The van der Waals surface area contributed by atoms with Gasteiger partial charge in [-0.3, -0.25) is 9.69 Å². The highest BCUT2D eigenvalue weighted by Crippen LogP contribution is 2.22. The summed E-state index contributed by atoms with van der Waals surface area (Å²) in [6, 6.07) is 3.24. The molecule has 2 rings (SSSR count). The van der Waals surface area contributed by atoms with Crippen LogP contribution in [0.2, 0.25) is 0 Å². The summed E-state index contributed by atoms with van der Waals surface area (Å²) in [5.74, 6) is -0.647. The SMILES string of the molecule is CC(c1ccc(C(=O)O)o1)N(C)CC(=O)NC1CC1. The molecule has 6 heteroatoms. The fraction of sp³-hybridized carbons (Fsp3) is 0.538. The molecule has 1 aliphatic rings. The molecule has 1 unspecified atom stereocenters. The van der Waals surface area contributed by atoms with Crippen molar-refractivity contribution >= 4 is 11.9 Å². The van der Waals surface area contributed by atoms with Crippen LogP contribution in [0.4, 0.5) is 0 Å². The predicted molar refractivity (Wildman–Crippen MR) is 67.9 cm³/mol. The summed E-state index contributed by atoms with van der Waals surface area (Å²) in [4.78, 5) is 24.2. The molecule has 0 spiro atoms. The number of hydrogen-bond donors (Lipinski definition) is 2. The third-order valence-electron chi connectivity index (χ3n) is 3.25. The molecule has 0 aliphatic heterocycles. The molecule has 0 saturated heterocycles. The minimum absolute atomic E-state index is 0.0122. The molecule has 0 aromatic carbocycles. The first-order chi connectivity index (χ1) is 8.97. The molecule has 0 bridgehead atoms. The number of nitrogens with zero attached hydrogens (tertiary/aromatic N) is 1. The number of aromatic carboxylic acids is 1. The second kappa shape index (κ2) is 5.44. The Kier molecular flexibility index (Phi) is 3.90. The number of amides is 1. The van der Waals surface area contributed by atoms with E-state index < -0.39 is 5.97 Å². The molecule has 1 amide bonds. The van der Waals surface area contributed by atoms with Gasteiger partial charge in [0.2, 0.25) is 11.7 Å². The number of hydrogen-bond acceptors (Lipinski definition) is 4. The zero-order valence-corrected chi connectivity index (χ0v) is 11.0. The summed E-state index contributed by atoms with van der Waals surface area (Å²) in [5, 5.41) is 11.7. The van der Waals surface area contributed by atoms with Crippen molar-refractivity contribution in [2.45, 2.75) is 31.8 Å². The fourth-order valence-electron chi connectivity index (χ4n) is 1.77. The molecule has 1 fully saturated rings. The van der Waals surface area contributed by atoms with E-state index in [4.69, 9.17) is 9.52 Å². The molecule has 1 aliphatic carbocycles. The van der Waals surface area contributed by atoms with Gasteiger partial charge in [0.1, 0.15) is 5.76 Å². The lowest BCUT2D eigenvalue weighted by atomic mass is 10.2. The lowest BCUT2D eigenvalue weighted by Crippen LogP contribution is -2.37. The van der Waals surface area contributed by atoms with Gasteiger partial charge in [-0.25, -0.2) is 4.79 Å². The van der Waals surface area contributed by atoms with Crippen LogP contribution in [0, 0.1) is 0 Å². The maximum atomic E-state index is 11.7. The van der Waals surface area contributed by atoms with Gasteiger partial charge in [0.15, 0.2) is 0 Å². The van der Waals surface area contributed by atoms with E-state index >= 15 is 0 Å². The van der Waals surface area contributed by atoms with Gasteiger partial charge in [0, 0.05) is 6.04 Å². The molecule has 1 heterocycles. The maximum Gasteiger partial charge on any atom is 0.371 e. The minimum Gasteiger partial charge on any atom is -0.475 e. The fourth-order valence-corrected chi connectivity index (χ4v) is 1.77. The third kappa shape index (κ3) is 3.57. The molecule has 1 aromatic heterocycles. The lowest BCUT2D eigenvalue weighted by molar-refractivity contribution is -0.122. The summed E-state index contributed by atoms with van der Waals surface area (Å²) >= 11 is 0. The van der Waals surface area contributed by atoms with Crippen molar-refractivity contribution in [1.29, 1.82) is 0 Å². The third-order valence-corrected chi connectivity index (χ3v) is 3.25. The van der Waals surface area contributed by atoms with E-state index in [9.17, 15) is 9.59 Å². The molecular formula is C13H18N2O4. The second-order valence-corrected chi connectivity index (χ2v) is 4.94. The Hall–Kier alpha value is -1.82. The number of rotatable bonds is 6. The number of carbonyl (C=O) groups excluding carboxylic acids is 1. The monoisotopic (exact) mass is 266 g/mol. The van der Waals surface area contributed by atoms with Crippen molar-refractivity contribution in [2.24, 2.45) is 0 Å². The van der Waals surface area contributed by atoms with Crippen LogP contribution in [-0.2, 0) is 4.79 Å². The van der Waals surface area contributed by atoms with Crippen molar-refractivity contribution < 1.29 is 19.1 Å². The summed E-state index contributed by atoms with van der Waals surface area (Å²) in [5.41, 5.74) is 0. The van der Waals surface area contributed by atoms with Crippen LogP contribution >= 0.6 is 0 Å². The summed E-state index contributed by atoms with van der Waals surface area (Å²) < 4.78 is 5.23. The Morgan fingerprint density at radius 1 is 1.53 bits per heavy atom. The quantitative estimate of drug-likeness (QED) is 0.809. The van der Waals surface area contributed by atoms with E-state index in [-0.39, 0.29) is 24.3 Å². The zero-order valence-electron chi connectivity index (χ0n) is 11.0. The van der Waals surface area contributed by atoms with Gasteiger partial charge in [-0.15, -0.1) is 0 Å². The van der Waals surface area contributed by atoms with Gasteiger partial charge in [0.25, 0.3) is 0 Å². The average Bonchev–Trinajstić information content (AvgIpc) is 3.00. The summed E-state index contributed by atoms with van der Waals surface area (Å²) in [6.07, 6.45) is 2.12. The first kappa shape index (κ1) is 13.6. The van der Waals surface area contributed by atoms with Crippen LogP contribution < -0.4 is 5.32 Å². The van der Waals surface area contributed by atoms with Crippen LogP contribution in [0.3, 0.4) is 0 Å². The summed E-state index contributed by atoms with van der Waals surface area (Å²) in [6.45, 7) is 2.13. The van der Waals surface area contributed by atoms with E-state index in [1.807, 2.05) is 11.8 Å². The predicted octanol–water partition coefficient (Wildman–Crippen LogP) is 1.25. The smallest absolute Gasteiger partial charge is 0.371 e. The number of carboxylic acids is 1. The van der Waals surface area contributed by atoms with Gasteiger partial charge in [-0.05, 0) is 38.9 Å². The largest absolute Gasteiger partial charge is 0.475 e. The van der Waals surface area contributed by atoms with Gasteiger partial charge in [-0.2, -0.15) is 0 Å². The van der Waals surface area contributed by atoms with Crippen LogP contribution in [0.15, 0.2) is 16.5 Å². The number of furan rings is 1. The Balaban J connectivity index is 1.91. The highest BCUT2D eigenvalue weighted by molar-refractivity contribution is 5.84. The molecule has 2 N–H and O–H groups in total. The van der Waals surface area contributed by atoms with Crippen LogP contribution in [0.1, 0.15) is 42.1 Å². The molecule has 1 aromatic rings. The molecule has 6 nitrogen and oxygen atoms in total. The van der Waals surface area contributed by atoms with Crippen molar-refractivity contribution in [3.8, 4) is 0 Å². The summed E-state index contributed by atoms with van der Waals surface area (Å²) in [7, 11) is 1.81. The van der Waals surface area contributed by atoms with Crippen molar-refractivity contribution in [2.75, 3.05) is 13.6 Å². The van der Waals surface area contributed by atoms with E-state index in [1.54, 1.807) is 13.1 Å². The van der Waals surface area contributed by atoms with Crippen LogP contribution in [0.25, 0.3) is 0 Å². The molecule has 19 heavy (non-hydrogen) atoms. The van der Waals surface area contributed by atoms with Crippen molar-refractivity contribution in [3.05, 3.63) is 23.7 Å². The standard InChI is InChI=1S/C13H18N2O4/c1-8(10-5-6-11(19-10)13(17)18)15(2)7-12(16)14-9-3-4-9/h5-6,8-9H,3-4,7H2,1-2H3,(H,14,16)(H,17,18). The second-order valence-electron chi connectivity index (χ2n) is 4.94. The van der Waals surface area contributed by atoms with Crippen molar-refractivity contribution in [1.82, 2.24) is 10.2 Å². The van der Waals surface area contributed by atoms with E-state index in [0.717, 1.165) is 12.8 Å². The van der Waals surface area contributed by atoms with E-state index in [1.165, 1.54) is 6.07 Å². The van der Waals surface area contributed by atoms with Gasteiger partial charge in [-0.1, -0.05) is 0 Å². The minimum atomic E-state index is -1.09. The maximum absolute atomic E-state index is 11.7. The molecule has 0 radical (unpaired) electrons. The van der Waals surface area contributed by atoms with Gasteiger partial charge in [0.05, 0.1) is 12.6 Å². The Morgan fingerprint density at radius 2 is 2.21 bits per heavy atom. The number of carboxylic acid groups (broad SMARTS) is 1. The molecule has 1 atom stereocenters. The first-order valence-corrected chi connectivity index (χ1v) is 6.30. The highest BCUT2D eigenvalue weighted by atomic mass is 16.4. The first-order valence-electron chi connectivity index (χ1n) is 6.30. The van der Waals surface area contributed by atoms with Gasteiger partial charge >= 0.3 is 5.97 Å². The topological polar surface area (TPSA) is 82.8 Å². The normalized spacial score (nSPS) is 16.4. The van der Waals surface area contributed by atoms with Crippen LogP contribution in [0.5, 0.6) is 0 Å². The zero-order chi connectivity index (χ0) is 14.0. The Bertz CT molecular complexity index is 479. The Labute approximate surface area is 111 Å². The Morgan fingerprint density at radius 3 is 2.74 bits per heavy atom. The molecule has 104 valence electrons. The van der Waals surface area contributed by atoms with Crippen LogP contribution in [-0.4, -0.2) is 41.5 Å².